The van der Waals surface area contributed by atoms with Gasteiger partial charge in [-0.3, -0.25) is 4.79 Å². The summed E-state index contributed by atoms with van der Waals surface area (Å²) in [6, 6.07) is 15.8. The van der Waals surface area contributed by atoms with Crippen molar-refractivity contribution < 1.29 is 5.11 Å². The van der Waals surface area contributed by atoms with Crippen LogP contribution in [0, 0.1) is 11.3 Å². The van der Waals surface area contributed by atoms with Gasteiger partial charge < -0.3 is 10.1 Å². The van der Waals surface area contributed by atoms with E-state index in [0.29, 0.717) is 10.2 Å². The summed E-state index contributed by atoms with van der Waals surface area (Å²) < 4.78 is 0. The lowest BCUT2D eigenvalue weighted by Crippen LogP contribution is -2.09. The Morgan fingerprint density at radius 2 is 1.83 bits per heavy atom. The fraction of sp³-hybridized carbons (Fsp3) is 0. The normalized spacial score (nSPS) is 10.8. The topological polar surface area (TPSA) is 76.9 Å². The molecule has 0 amide bonds. The number of pyridine rings is 1. The minimum atomic E-state index is -0.563. The Bertz CT molecular complexity index is 1150. The number of hydrogen-bond acceptors (Lipinski definition) is 5. The quantitative estimate of drug-likeness (QED) is 0.556. The van der Waals surface area contributed by atoms with Crippen LogP contribution in [0.2, 0.25) is 0 Å². The van der Waals surface area contributed by atoms with Crippen molar-refractivity contribution in [2.75, 3.05) is 0 Å². The van der Waals surface area contributed by atoms with Crippen LogP contribution in [0.5, 0.6) is 5.75 Å². The summed E-state index contributed by atoms with van der Waals surface area (Å²) in [4.78, 5) is 17.1. The van der Waals surface area contributed by atoms with Crippen molar-refractivity contribution in [3.05, 3.63) is 63.8 Å². The van der Waals surface area contributed by atoms with Crippen molar-refractivity contribution in [3.8, 4) is 32.7 Å². The van der Waals surface area contributed by atoms with Crippen LogP contribution in [-0.4, -0.2) is 10.1 Å². The van der Waals surface area contributed by atoms with Gasteiger partial charge in [0.1, 0.15) is 16.6 Å². The van der Waals surface area contributed by atoms with Gasteiger partial charge in [0.05, 0.1) is 5.39 Å². The minimum absolute atomic E-state index is 0.248. The molecule has 0 aliphatic carbocycles. The molecule has 0 unspecified atom stereocenters. The summed E-state index contributed by atoms with van der Waals surface area (Å²) in [5, 5.41) is 21.9. The van der Waals surface area contributed by atoms with E-state index in [2.05, 4.69) is 4.98 Å². The van der Waals surface area contributed by atoms with E-state index in [0.717, 1.165) is 20.9 Å². The number of nitriles is 1. The fourth-order valence-corrected chi connectivity index (χ4v) is 4.67. The zero-order valence-electron chi connectivity index (χ0n) is 12.2. The summed E-state index contributed by atoms with van der Waals surface area (Å²) in [6.45, 7) is 0. The number of nitrogens with one attached hydrogen (secondary N) is 1. The second-order valence-corrected chi connectivity index (χ2v) is 7.14. The Balaban J connectivity index is 1.91. The average molecular weight is 350 g/mol. The maximum Gasteiger partial charge on any atom is 0.270 e. The van der Waals surface area contributed by atoms with Crippen LogP contribution in [0.3, 0.4) is 0 Å². The summed E-state index contributed by atoms with van der Waals surface area (Å²) >= 11 is 2.95. The van der Waals surface area contributed by atoms with Crippen molar-refractivity contribution in [2.24, 2.45) is 0 Å². The van der Waals surface area contributed by atoms with E-state index in [4.69, 9.17) is 5.26 Å². The summed E-state index contributed by atoms with van der Waals surface area (Å²) in [7, 11) is 0. The second kappa shape index (κ2) is 5.64. The first-order valence-corrected chi connectivity index (χ1v) is 8.81. The smallest absolute Gasteiger partial charge is 0.270 e. The Hall–Kier alpha value is -2.88. The van der Waals surface area contributed by atoms with Crippen LogP contribution in [0.15, 0.2) is 52.6 Å². The lowest BCUT2D eigenvalue weighted by Gasteiger charge is -2.01. The Morgan fingerprint density at radius 1 is 1.08 bits per heavy atom. The van der Waals surface area contributed by atoms with Gasteiger partial charge in [0.2, 0.25) is 0 Å². The molecule has 0 spiro atoms. The number of aromatic nitrogens is 1. The first kappa shape index (κ1) is 14.7. The van der Waals surface area contributed by atoms with E-state index in [1.54, 1.807) is 17.4 Å². The Kier molecular flexibility index (Phi) is 3.45. The van der Waals surface area contributed by atoms with Crippen LogP contribution >= 0.6 is 22.7 Å². The predicted octanol–water partition coefficient (Wildman–Crippen LogP) is 4.56. The van der Waals surface area contributed by atoms with Crippen molar-refractivity contribution in [3.63, 3.8) is 0 Å². The predicted molar refractivity (Wildman–Crippen MR) is 97.6 cm³/mol. The monoisotopic (exact) mass is 350 g/mol. The van der Waals surface area contributed by atoms with Crippen LogP contribution in [0.1, 0.15) is 5.56 Å². The van der Waals surface area contributed by atoms with Gasteiger partial charge in [-0.05, 0) is 17.7 Å². The molecule has 4 aromatic rings. The first-order valence-electron chi connectivity index (χ1n) is 7.11. The molecule has 0 saturated carbocycles. The number of fused-ring (bicyclic) bond motifs is 1. The number of aromatic amines is 1. The number of hydrogen-bond donors (Lipinski definition) is 2. The second-order valence-electron chi connectivity index (χ2n) is 5.17. The number of nitrogens with zero attached hydrogens (tertiary/aromatic N) is 1. The Morgan fingerprint density at radius 3 is 2.58 bits per heavy atom. The van der Waals surface area contributed by atoms with Gasteiger partial charge >= 0.3 is 0 Å². The molecule has 0 fully saturated rings. The highest BCUT2D eigenvalue weighted by Crippen LogP contribution is 2.42. The van der Waals surface area contributed by atoms with Gasteiger partial charge in [0.15, 0.2) is 5.56 Å². The molecule has 3 heterocycles. The van der Waals surface area contributed by atoms with Gasteiger partial charge in [-0.1, -0.05) is 30.3 Å². The van der Waals surface area contributed by atoms with Crippen LogP contribution in [-0.2, 0) is 0 Å². The first-order chi connectivity index (χ1) is 11.7. The largest absolute Gasteiger partial charge is 0.506 e. The van der Waals surface area contributed by atoms with E-state index in [9.17, 15) is 9.90 Å². The third kappa shape index (κ3) is 2.22. The van der Waals surface area contributed by atoms with E-state index in [-0.39, 0.29) is 11.3 Å². The van der Waals surface area contributed by atoms with E-state index in [1.165, 1.54) is 11.3 Å². The molecular formula is C18H10N2O2S2. The van der Waals surface area contributed by atoms with E-state index >= 15 is 0 Å². The molecule has 3 aromatic heterocycles. The molecular weight excluding hydrogens is 340 g/mol. The number of thiophene rings is 2. The number of aromatic hydroxyl groups is 1. The van der Waals surface area contributed by atoms with Gasteiger partial charge in [-0.25, -0.2) is 0 Å². The number of H-pyrrole nitrogens is 1. The molecule has 0 atom stereocenters. The molecule has 2 N–H and O–H groups in total. The molecule has 4 rings (SSSR count). The average Bonchev–Trinajstić information content (AvgIpc) is 3.22. The molecule has 0 radical (unpaired) electrons. The molecule has 24 heavy (non-hydrogen) atoms. The zero-order chi connectivity index (χ0) is 16.7. The maximum absolute atomic E-state index is 11.8. The molecule has 1 aromatic carbocycles. The van der Waals surface area contributed by atoms with Gasteiger partial charge in [-0.15, -0.1) is 22.7 Å². The number of benzene rings is 1. The SMILES string of the molecule is N#Cc1c(O)c2c(-c3ccc(-c4ccccc4)s3)csc2[nH]c1=O. The van der Waals surface area contributed by atoms with Crippen LogP contribution in [0.4, 0.5) is 0 Å². The van der Waals surface area contributed by atoms with Crippen molar-refractivity contribution in [1.82, 2.24) is 4.98 Å². The fourth-order valence-electron chi connectivity index (χ4n) is 2.61. The molecule has 6 heteroatoms. The molecule has 116 valence electrons. The van der Waals surface area contributed by atoms with Gasteiger partial charge in [0.25, 0.3) is 5.56 Å². The molecule has 4 nitrogen and oxygen atoms in total. The van der Waals surface area contributed by atoms with Crippen LogP contribution < -0.4 is 5.56 Å². The summed E-state index contributed by atoms with van der Waals surface area (Å²) in [6.07, 6.45) is 0. The zero-order valence-corrected chi connectivity index (χ0v) is 13.9. The summed E-state index contributed by atoms with van der Waals surface area (Å²) in [5.41, 5.74) is 1.14. The number of rotatable bonds is 2. The van der Waals surface area contributed by atoms with Crippen molar-refractivity contribution >= 4 is 32.9 Å². The molecule has 0 aliphatic rings. The van der Waals surface area contributed by atoms with E-state index < -0.39 is 5.56 Å². The van der Waals surface area contributed by atoms with Crippen LogP contribution in [0.25, 0.3) is 31.1 Å². The third-order valence-electron chi connectivity index (χ3n) is 3.76. The highest BCUT2D eigenvalue weighted by Gasteiger charge is 2.18. The molecule has 0 saturated heterocycles. The van der Waals surface area contributed by atoms with Gasteiger partial charge in [-0.2, -0.15) is 5.26 Å². The van der Waals surface area contributed by atoms with Gasteiger partial charge in [0, 0.05) is 20.7 Å². The maximum atomic E-state index is 11.8. The van der Waals surface area contributed by atoms with E-state index in [1.807, 2.05) is 47.8 Å². The molecule has 0 bridgehead atoms. The van der Waals surface area contributed by atoms with Crippen molar-refractivity contribution in [2.45, 2.75) is 0 Å². The highest BCUT2D eigenvalue weighted by atomic mass is 32.1. The minimum Gasteiger partial charge on any atom is -0.506 e. The van der Waals surface area contributed by atoms with Crippen molar-refractivity contribution in [1.29, 1.82) is 5.26 Å². The summed E-state index contributed by atoms with van der Waals surface area (Å²) in [5.74, 6) is -0.248. The highest BCUT2D eigenvalue weighted by molar-refractivity contribution is 7.20. The lowest BCUT2D eigenvalue weighted by molar-refractivity contribution is 0.479. The Labute approximate surface area is 144 Å². The molecule has 0 aliphatic heterocycles. The third-order valence-corrected chi connectivity index (χ3v) is 5.82. The standard InChI is InChI=1S/C18H10N2O2S2/c19-8-11-16(21)15-12(9-23-18(15)20-17(11)22)14-7-6-13(24-14)10-4-2-1-3-5-10/h1-7,9H,(H2,20,21,22). The lowest BCUT2D eigenvalue weighted by atomic mass is 10.1.